The molecule has 2 aromatic rings. The number of thioether (sulfide) groups is 1. The van der Waals surface area contributed by atoms with E-state index in [0.29, 0.717) is 0 Å². The zero-order chi connectivity index (χ0) is 18.0. The number of amides is 2. The lowest BCUT2D eigenvalue weighted by molar-refractivity contribution is -0.148. The van der Waals surface area contributed by atoms with Gasteiger partial charge in [0.25, 0.3) is 11.1 Å². The first kappa shape index (κ1) is 17.0. The van der Waals surface area contributed by atoms with E-state index in [1.54, 1.807) is 6.08 Å². The predicted octanol–water partition coefficient (Wildman–Crippen LogP) is 3.08. The van der Waals surface area contributed by atoms with Crippen LogP contribution in [0.1, 0.15) is 12.6 Å². The lowest BCUT2D eigenvalue weighted by atomic mass is 10.2. The van der Waals surface area contributed by atoms with Crippen molar-refractivity contribution >= 4 is 35.0 Å². The van der Waals surface area contributed by atoms with Crippen LogP contribution in [0.15, 0.2) is 53.6 Å². The fourth-order valence-electron chi connectivity index (χ4n) is 2.56. The third-order valence-corrected chi connectivity index (χ3v) is 4.73. The number of hydrogen-bond donors (Lipinski definition) is 0. The molecule has 2 heterocycles. The topological polar surface area (TPSA) is 68.6 Å². The quantitative estimate of drug-likeness (QED) is 0.622. The third-order valence-electron chi connectivity index (χ3n) is 3.85. The van der Waals surface area contributed by atoms with E-state index in [1.165, 1.54) is 14.0 Å². The number of benzene rings is 1. The summed E-state index contributed by atoms with van der Waals surface area (Å²) in [6.07, 6.45) is 3.53. The standard InChI is InChI=1S/C18H16N2O4S/c1-12(17(22)24-2)20-16(21)15(25-18(20)23)11-14-9-6-10-19(14)13-7-4-3-5-8-13/h3-12H,1-2H3/b15-11-/t12-/m0/s1. The van der Waals surface area contributed by atoms with E-state index >= 15 is 0 Å². The van der Waals surface area contributed by atoms with Gasteiger partial charge >= 0.3 is 5.97 Å². The Morgan fingerprint density at radius 2 is 1.88 bits per heavy atom. The van der Waals surface area contributed by atoms with Gasteiger partial charge < -0.3 is 9.30 Å². The average Bonchev–Trinajstić information content (AvgIpc) is 3.19. The molecule has 1 saturated heterocycles. The minimum atomic E-state index is -0.954. The zero-order valence-electron chi connectivity index (χ0n) is 13.7. The highest BCUT2D eigenvalue weighted by Gasteiger charge is 2.41. The molecule has 1 aromatic carbocycles. The van der Waals surface area contributed by atoms with Gasteiger partial charge in [-0.05, 0) is 49.0 Å². The number of para-hydroxylation sites is 1. The molecule has 0 saturated carbocycles. The number of carbonyl (C=O) groups is 3. The van der Waals surface area contributed by atoms with E-state index in [-0.39, 0.29) is 4.91 Å². The van der Waals surface area contributed by atoms with E-state index < -0.39 is 23.2 Å². The Kier molecular flexibility index (Phi) is 4.76. The molecule has 1 aliphatic rings. The summed E-state index contributed by atoms with van der Waals surface area (Å²) in [6.45, 7) is 1.47. The summed E-state index contributed by atoms with van der Waals surface area (Å²) < 4.78 is 6.54. The van der Waals surface area contributed by atoms with Crippen molar-refractivity contribution in [2.24, 2.45) is 0 Å². The van der Waals surface area contributed by atoms with Crippen LogP contribution in [-0.4, -0.2) is 39.7 Å². The molecular formula is C18H16N2O4S. The van der Waals surface area contributed by atoms with Crippen molar-refractivity contribution in [3.8, 4) is 5.69 Å². The van der Waals surface area contributed by atoms with E-state index in [2.05, 4.69) is 4.74 Å². The Morgan fingerprint density at radius 3 is 2.56 bits per heavy atom. The molecule has 1 aliphatic heterocycles. The summed E-state index contributed by atoms with van der Waals surface area (Å²) in [5, 5.41) is -0.480. The van der Waals surface area contributed by atoms with Crippen molar-refractivity contribution in [2.45, 2.75) is 13.0 Å². The van der Waals surface area contributed by atoms with Crippen LogP contribution in [0.2, 0.25) is 0 Å². The summed E-state index contributed by atoms with van der Waals surface area (Å²) in [7, 11) is 1.22. The highest BCUT2D eigenvalue weighted by molar-refractivity contribution is 8.18. The maximum Gasteiger partial charge on any atom is 0.328 e. The van der Waals surface area contributed by atoms with Gasteiger partial charge in [-0.25, -0.2) is 4.79 Å². The van der Waals surface area contributed by atoms with Gasteiger partial charge in [-0.2, -0.15) is 0 Å². The summed E-state index contributed by atoms with van der Waals surface area (Å²) in [5.74, 6) is -1.12. The normalized spacial score (nSPS) is 17.2. The molecule has 7 heteroatoms. The van der Waals surface area contributed by atoms with Gasteiger partial charge in [-0.3, -0.25) is 14.5 Å². The van der Waals surface area contributed by atoms with E-state index in [4.69, 9.17) is 0 Å². The Balaban J connectivity index is 1.92. The van der Waals surface area contributed by atoms with E-state index in [0.717, 1.165) is 28.0 Å². The van der Waals surface area contributed by atoms with Crippen molar-refractivity contribution in [3.63, 3.8) is 0 Å². The lowest BCUT2D eigenvalue weighted by Gasteiger charge is -2.18. The number of hydrogen-bond acceptors (Lipinski definition) is 5. The van der Waals surface area contributed by atoms with Gasteiger partial charge in [0, 0.05) is 17.6 Å². The van der Waals surface area contributed by atoms with Crippen LogP contribution in [-0.2, 0) is 14.3 Å². The molecule has 0 aliphatic carbocycles. The SMILES string of the molecule is COC(=O)[C@H](C)N1C(=O)S/C(=C\c2cccn2-c2ccccc2)C1=O. The number of aromatic nitrogens is 1. The predicted molar refractivity (Wildman–Crippen MR) is 95.1 cm³/mol. The number of nitrogens with zero attached hydrogens (tertiary/aromatic N) is 2. The molecule has 6 nitrogen and oxygen atoms in total. The second kappa shape index (κ2) is 6.98. The van der Waals surface area contributed by atoms with Crippen molar-refractivity contribution < 1.29 is 19.1 Å². The molecule has 2 amide bonds. The number of rotatable bonds is 4. The lowest BCUT2D eigenvalue weighted by Crippen LogP contribution is -2.42. The van der Waals surface area contributed by atoms with E-state index in [1.807, 2.05) is 53.2 Å². The van der Waals surface area contributed by atoms with Gasteiger partial charge in [0.05, 0.1) is 12.0 Å². The number of imide groups is 1. The summed E-state index contributed by atoms with van der Waals surface area (Å²) in [6, 6.07) is 12.4. The molecule has 0 N–H and O–H groups in total. The molecule has 25 heavy (non-hydrogen) atoms. The van der Waals surface area contributed by atoms with Gasteiger partial charge in [0.1, 0.15) is 6.04 Å². The van der Waals surface area contributed by atoms with Crippen LogP contribution in [0.25, 0.3) is 11.8 Å². The minimum absolute atomic E-state index is 0.275. The number of carbonyl (C=O) groups excluding carboxylic acids is 3. The molecule has 128 valence electrons. The van der Waals surface area contributed by atoms with Crippen LogP contribution < -0.4 is 0 Å². The summed E-state index contributed by atoms with van der Waals surface area (Å²) >= 11 is 0.818. The minimum Gasteiger partial charge on any atom is -0.467 e. The average molecular weight is 356 g/mol. The smallest absolute Gasteiger partial charge is 0.328 e. The maximum absolute atomic E-state index is 12.6. The second-order valence-electron chi connectivity index (χ2n) is 5.39. The van der Waals surface area contributed by atoms with Crippen molar-refractivity contribution in [2.75, 3.05) is 7.11 Å². The summed E-state index contributed by atoms with van der Waals surface area (Å²) in [4.78, 5) is 37.6. The molecular weight excluding hydrogens is 340 g/mol. The van der Waals surface area contributed by atoms with Crippen LogP contribution in [0, 0.1) is 0 Å². The molecule has 1 fully saturated rings. The fourth-order valence-corrected chi connectivity index (χ4v) is 3.45. The Bertz CT molecular complexity index is 857. The number of ether oxygens (including phenoxy) is 1. The van der Waals surface area contributed by atoms with E-state index in [9.17, 15) is 14.4 Å². The highest BCUT2D eigenvalue weighted by atomic mass is 32.2. The van der Waals surface area contributed by atoms with Crippen LogP contribution in [0.3, 0.4) is 0 Å². The molecule has 1 atom stereocenters. The Morgan fingerprint density at radius 1 is 1.16 bits per heavy atom. The van der Waals surface area contributed by atoms with Crippen molar-refractivity contribution in [1.82, 2.24) is 9.47 Å². The molecule has 1 aromatic heterocycles. The molecule has 0 unspecified atom stereocenters. The molecule has 0 spiro atoms. The highest BCUT2D eigenvalue weighted by Crippen LogP contribution is 2.34. The zero-order valence-corrected chi connectivity index (χ0v) is 14.5. The van der Waals surface area contributed by atoms with Gasteiger partial charge in [-0.1, -0.05) is 18.2 Å². The van der Waals surface area contributed by atoms with Crippen molar-refractivity contribution in [1.29, 1.82) is 0 Å². The number of methoxy groups -OCH3 is 1. The monoisotopic (exact) mass is 356 g/mol. The first-order chi connectivity index (χ1) is 12.0. The number of esters is 1. The molecule has 0 bridgehead atoms. The molecule has 0 radical (unpaired) electrons. The Labute approximate surface area is 149 Å². The van der Waals surface area contributed by atoms with Crippen molar-refractivity contribution in [3.05, 3.63) is 59.3 Å². The first-order valence-electron chi connectivity index (χ1n) is 7.60. The van der Waals surface area contributed by atoms with Crippen LogP contribution in [0.4, 0.5) is 4.79 Å². The third kappa shape index (κ3) is 3.23. The van der Waals surface area contributed by atoms with Crippen LogP contribution in [0.5, 0.6) is 0 Å². The molecule has 3 rings (SSSR count). The first-order valence-corrected chi connectivity index (χ1v) is 8.42. The van der Waals surface area contributed by atoms with Gasteiger partial charge in [0.15, 0.2) is 0 Å². The largest absolute Gasteiger partial charge is 0.467 e. The van der Waals surface area contributed by atoms with Gasteiger partial charge in [0.2, 0.25) is 0 Å². The summed E-state index contributed by atoms with van der Waals surface area (Å²) in [5.41, 5.74) is 1.71. The Hall–Kier alpha value is -2.80. The van der Waals surface area contributed by atoms with Gasteiger partial charge in [-0.15, -0.1) is 0 Å². The van der Waals surface area contributed by atoms with Crippen LogP contribution >= 0.6 is 11.8 Å². The second-order valence-corrected chi connectivity index (χ2v) is 6.38. The fraction of sp³-hybridized carbons (Fsp3) is 0.167. The maximum atomic E-state index is 12.6.